The molecule has 0 bridgehead atoms. The van der Waals surface area contributed by atoms with Gasteiger partial charge in [0.1, 0.15) is 16.9 Å². The average molecular weight is 417 g/mol. The molecule has 8 nitrogen and oxygen atoms in total. The van der Waals surface area contributed by atoms with Crippen LogP contribution < -0.4 is 10.2 Å². The van der Waals surface area contributed by atoms with Crippen LogP contribution in [0.1, 0.15) is 45.6 Å². The summed E-state index contributed by atoms with van der Waals surface area (Å²) < 4.78 is 5.44. The monoisotopic (exact) mass is 416 g/mol. The molecule has 1 saturated heterocycles. The van der Waals surface area contributed by atoms with Gasteiger partial charge in [-0.3, -0.25) is 4.79 Å². The number of likely N-dealkylation sites (tertiary alicyclic amines) is 1. The fourth-order valence-corrected chi connectivity index (χ4v) is 3.60. The van der Waals surface area contributed by atoms with Crippen molar-refractivity contribution in [2.24, 2.45) is 5.16 Å². The van der Waals surface area contributed by atoms with Crippen molar-refractivity contribution in [3.8, 4) is 0 Å². The van der Waals surface area contributed by atoms with Crippen molar-refractivity contribution in [1.29, 1.82) is 0 Å². The van der Waals surface area contributed by atoms with Gasteiger partial charge in [-0.15, -0.1) is 0 Å². The number of rotatable bonds is 3. The molecule has 0 radical (unpaired) electrons. The predicted octanol–water partition coefficient (Wildman–Crippen LogP) is 3.55. The molecule has 0 atom stereocenters. The number of carbonyl (C=O) groups excluding carboxylic acids is 2. The summed E-state index contributed by atoms with van der Waals surface area (Å²) in [4.78, 5) is 34.4. The van der Waals surface area contributed by atoms with Crippen molar-refractivity contribution in [2.75, 3.05) is 37.4 Å². The Morgan fingerprint density at radius 1 is 1.23 bits per heavy atom. The summed E-state index contributed by atoms with van der Waals surface area (Å²) in [5.41, 5.74) is 2.16. The van der Waals surface area contributed by atoms with Crippen molar-refractivity contribution >= 4 is 29.1 Å². The Kier molecular flexibility index (Phi) is 5.97. The van der Waals surface area contributed by atoms with Crippen molar-refractivity contribution in [1.82, 2.24) is 4.90 Å². The predicted molar refractivity (Wildman–Crippen MR) is 117 cm³/mol. The minimum Gasteiger partial charge on any atom is -0.444 e. The molecule has 8 heteroatoms. The number of anilines is 2. The van der Waals surface area contributed by atoms with Crippen molar-refractivity contribution in [3.63, 3.8) is 0 Å². The van der Waals surface area contributed by atoms with Gasteiger partial charge < -0.3 is 24.7 Å². The van der Waals surface area contributed by atoms with Gasteiger partial charge >= 0.3 is 6.09 Å². The zero-order valence-electron chi connectivity index (χ0n) is 18.7. The van der Waals surface area contributed by atoms with E-state index in [1.54, 1.807) is 4.90 Å². The lowest BCUT2D eigenvalue weighted by Crippen LogP contribution is -2.48. The molecule has 2 aliphatic rings. The number of oxime groups is 1. The summed E-state index contributed by atoms with van der Waals surface area (Å²) >= 11 is 0. The Morgan fingerprint density at radius 2 is 1.90 bits per heavy atom. The molecule has 2 aliphatic heterocycles. The van der Waals surface area contributed by atoms with Gasteiger partial charge in [0.25, 0.3) is 5.91 Å². The van der Waals surface area contributed by atoms with Crippen LogP contribution in [0.15, 0.2) is 23.4 Å². The third kappa shape index (κ3) is 5.04. The number of ether oxygens (including phenoxy) is 1. The first kappa shape index (κ1) is 21.9. The highest BCUT2D eigenvalue weighted by molar-refractivity contribution is 6.43. The molecule has 0 unspecified atom stereocenters. The van der Waals surface area contributed by atoms with E-state index in [1.807, 2.05) is 64.9 Å². The van der Waals surface area contributed by atoms with E-state index in [9.17, 15) is 9.59 Å². The molecular weight excluding hydrogens is 384 g/mol. The fraction of sp³-hybridized carbons (Fsp3) is 0.591. The van der Waals surface area contributed by atoms with Crippen LogP contribution in [0.4, 0.5) is 16.2 Å². The standard InChI is InChI=1S/C22H32N4O4/c1-15-13-16(25(5)6)7-8-17(15)23-19(27)18-14-22(30-24-18)9-11-26(12-10-22)20(28)29-21(2,3)4/h7-8,13H,9-12,14H2,1-6H3,(H,23,27). The minimum atomic E-state index is -0.521. The Hall–Kier alpha value is -2.77. The lowest BCUT2D eigenvalue weighted by atomic mass is 9.87. The molecule has 0 saturated carbocycles. The molecule has 1 N–H and O–H groups in total. The van der Waals surface area contributed by atoms with Gasteiger partial charge in [0.15, 0.2) is 0 Å². The number of nitrogens with zero attached hydrogens (tertiary/aromatic N) is 3. The van der Waals surface area contributed by atoms with E-state index in [1.165, 1.54) is 0 Å². The lowest BCUT2D eigenvalue weighted by Gasteiger charge is -2.37. The summed E-state index contributed by atoms with van der Waals surface area (Å²) in [5.74, 6) is -0.248. The van der Waals surface area contributed by atoms with Crippen LogP contribution >= 0.6 is 0 Å². The summed E-state index contributed by atoms with van der Waals surface area (Å²) in [6.07, 6.45) is 1.35. The Balaban J connectivity index is 1.55. The third-order valence-corrected chi connectivity index (χ3v) is 5.40. The zero-order valence-corrected chi connectivity index (χ0v) is 18.7. The van der Waals surface area contributed by atoms with Gasteiger partial charge in [0, 0.05) is 57.8 Å². The van der Waals surface area contributed by atoms with Gasteiger partial charge in [-0.25, -0.2) is 4.79 Å². The van der Waals surface area contributed by atoms with E-state index in [0.29, 0.717) is 38.1 Å². The number of hydrogen-bond donors (Lipinski definition) is 1. The second kappa shape index (κ2) is 8.16. The van der Waals surface area contributed by atoms with Crippen LogP contribution in [0.25, 0.3) is 0 Å². The molecular formula is C22H32N4O4. The minimum absolute atomic E-state index is 0.248. The largest absolute Gasteiger partial charge is 0.444 e. The van der Waals surface area contributed by atoms with Crippen LogP contribution in [0, 0.1) is 6.92 Å². The first-order valence-corrected chi connectivity index (χ1v) is 10.3. The molecule has 1 fully saturated rings. The maximum Gasteiger partial charge on any atom is 0.410 e. The summed E-state index contributed by atoms with van der Waals surface area (Å²) in [5, 5.41) is 7.02. The zero-order chi connectivity index (χ0) is 22.1. The van der Waals surface area contributed by atoms with Gasteiger partial charge in [-0.2, -0.15) is 0 Å². The topological polar surface area (TPSA) is 83.5 Å². The number of carbonyl (C=O) groups is 2. The number of aryl methyl sites for hydroxylation is 1. The van der Waals surface area contributed by atoms with Gasteiger partial charge in [-0.1, -0.05) is 5.16 Å². The van der Waals surface area contributed by atoms with E-state index in [4.69, 9.17) is 9.57 Å². The van der Waals surface area contributed by atoms with Crippen LogP contribution in [0.3, 0.4) is 0 Å². The normalized spacial score (nSPS) is 17.9. The van der Waals surface area contributed by atoms with Crippen LogP contribution in [-0.2, 0) is 14.4 Å². The number of hydrogen-bond acceptors (Lipinski definition) is 6. The molecule has 0 aliphatic carbocycles. The average Bonchev–Trinajstić information content (AvgIpc) is 3.06. The lowest BCUT2D eigenvalue weighted by molar-refractivity contribution is -0.110. The van der Waals surface area contributed by atoms with Crippen molar-refractivity contribution in [3.05, 3.63) is 23.8 Å². The first-order valence-electron chi connectivity index (χ1n) is 10.3. The number of benzene rings is 1. The highest BCUT2D eigenvalue weighted by atomic mass is 16.7. The Labute approximate surface area is 178 Å². The van der Waals surface area contributed by atoms with Gasteiger partial charge in [0.2, 0.25) is 0 Å². The molecule has 30 heavy (non-hydrogen) atoms. The summed E-state index contributed by atoms with van der Waals surface area (Å²) in [6.45, 7) is 8.55. The van der Waals surface area contributed by atoms with Crippen molar-refractivity contribution in [2.45, 2.75) is 58.2 Å². The quantitative estimate of drug-likeness (QED) is 0.815. The Morgan fingerprint density at radius 3 is 2.47 bits per heavy atom. The SMILES string of the molecule is Cc1cc(N(C)C)ccc1NC(=O)C1=NOC2(CCN(C(=O)OC(C)(C)C)CC2)C1. The van der Waals surface area contributed by atoms with Crippen LogP contribution in [0.2, 0.25) is 0 Å². The van der Waals surface area contributed by atoms with E-state index >= 15 is 0 Å². The Bertz CT molecular complexity index is 849. The summed E-state index contributed by atoms with van der Waals surface area (Å²) in [7, 11) is 3.95. The molecule has 164 valence electrons. The van der Waals surface area contributed by atoms with Crippen LogP contribution in [-0.4, -0.2) is 61.0 Å². The highest BCUT2D eigenvalue weighted by Crippen LogP contribution is 2.35. The van der Waals surface area contributed by atoms with E-state index in [0.717, 1.165) is 16.9 Å². The molecule has 2 amide bonds. The molecule has 1 aromatic rings. The third-order valence-electron chi connectivity index (χ3n) is 5.40. The number of piperidine rings is 1. The number of nitrogens with one attached hydrogen (secondary N) is 1. The molecule has 3 rings (SSSR count). The van der Waals surface area contributed by atoms with E-state index < -0.39 is 11.2 Å². The molecule has 0 aromatic heterocycles. The van der Waals surface area contributed by atoms with E-state index in [-0.39, 0.29) is 12.0 Å². The second-order valence-electron chi connectivity index (χ2n) is 9.30. The van der Waals surface area contributed by atoms with Gasteiger partial charge in [-0.05, 0) is 51.5 Å². The maximum absolute atomic E-state index is 12.7. The number of amides is 2. The maximum atomic E-state index is 12.7. The molecule has 1 spiro atoms. The fourth-order valence-electron chi connectivity index (χ4n) is 3.60. The van der Waals surface area contributed by atoms with Crippen molar-refractivity contribution < 1.29 is 19.2 Å². The summed E-state index contributed by atoms with van der Waals surface area (Å²) in [6, 6.07) is 5.88. The van der Waals surface area contributed by atoms with Gasteiger partial charge in [0.05, 0.1) is 0 Å². The smallest absolute Gasteiger partial charge is 0.410 e. The van der Waals surface area contributed by atoms with E-state index in [2.05, 4.69) is 10.5 Å². The molecule has 2 heterocycles. The van der Waals surface area contributed by atoms with Crippen LogP contribution in [0.5, 0.6) is 0 Å². The molecule has 1 aromatic carbocycles. The first-order chi connectivity index (χ1) is 14.0. The highest BCUT2D eigenvalue weighted by Gasteiger charge is 2.45. The second-order valence-corrected chi connectivity index (χ2v) is 9.30.